The summed E-state index contributed by atoms with van der Waals surface area (Å²) in [5, 5.41) is 14.3. The van der Waals surface area contributed by atoms with Crippen molar-refractivity contribution in [1.29, 1.82) is 0 Å². The molecular formula is C13H22BN2O3. The first-order valence-corrected chi connectivity index (χ1v) is 6.65. The van der Waals surface area contributed by atoms with Crippen LogP contribution in [0.1, 0.15) is 40.2 Å². The minimum absolute atomic E-state index is 0.324. The lowest BCUT2D eigenvalue weighted by molar-refractivity contribution is -0.0893. The van der Waals surface area contributed by atoms with Crippen molar-refractivity contribution in [3.63, 3.8) is 0 Å². The van der Waals surface area contributed by atoms with Gasteiger partial charge in [-0.15, -0.1) is 0 Å². The molecule has 1 aliphatic rings. The Labute approximate surface area is 115 Å². The molecule has 0 unspecified atom stereocenters. The lowest BCUT2D eigenvalue weighted by Crippen LogP contribution is -2.49. The highest BCUT2D eigenvalue weighted by Crippen LogP contribution is 2.24. The highest BCUT2D eigenvalue weighted by Gasteiger charge is 2.35. The van der Waals surface area contributed by atoms with Crippen LogP contribution in [-0.4, -0.2) is 46.8 Å². The molecule has 0 saturated carbocycles. The fourth-order valence-electron chi connectivity index (χ4n) is 1.70. The standard InChI is InChI=1S/C13H22BN2O3/c1-12(2,17)13(3,4)19-14-10-7-15-16(8-10)11-5-6-18-9-11/h7-8,11,17H,5-6,9H2,1-4H3/t11-/m1/s1. The zero-order valence-corrected chi connectivity index (χ0v) is 12.1. The second-order valence-electron chi connectivity index (χ2n) is 6.08. The summed E-state index contributed by atoms with van der Waals surface area (Å²) >= 11 is 0. The summed E-state index contributed by atoms with van der Waals surface area (Å²) in [5.74, 6) is 0. The Kier molecular flexibility index (Phi) is 4.04. The minimum atomic E-state index is -0.918. The first kappa shape index (κ1) is 14.6. The van der Waals surface area contributed by atoms with Gasteiger partial charge in [0, 0.05) is 19.0 Å². The van der Waals surface area contributed by atoms with Crippen LogP contribution >= 0.6 is 0 Å². The van der Waals surface area contributed by atoms with Gasteiger partial charge >= 0.3 is 7.48 Å². The molecule has 2 rings (SSSR count). The van der Waals surface area contributed by atoms with E-state index in [9.17, 15) is 5.11 Å². The molecule has 1 saturated heterocycles. The topological polar surface area (TPSA) is 56.5 Å². The third kappa shape index (κ3) is 3.38. The van der Waals surface area contributed by atoms with Crippen molar-refractivity contribution in [2.75, 3.05) is 13.2 Å². The molecule has 0 aromatic carbocycles. The van der Waals surface area contributed by atoms with Crippen LogP contribution in [0.15, 0.2) is 12.4 Å². The maximum Gasteiger partial charge on any atom is 0.334 e. The van der Waals surface area contributed by atoms with E-state index in [2.05, 4.69) is 5.10 Å². The quantitative estimate of drug-likeness (QED) is 0.794. The fourth-order valence-corrected chi connectivity index (χ4v) is 1.70. The van der Waals surface area contributed by atoms with Crippen molar-refractivity contribution in [2.45, 2.75) is 51.4 Å². The van der Waals surface area contributed by atoms with Crippen molar-refractivity contribution in [3.8, 4) is 0 Å². The van der Waals surface area contributed by atoms with E-state index in [1.807, 2.05) is 24.7 Å². The zero-order chi connectivity index (χ0) is 14.1. The number of aliphatic hydroxyl groups is 1. The van der Waals surface area contributed by atoms with E-state index in [0.717, 1.165) is 25.1 Å². The van der Waals surface area contributed by atoms with Gasteiger partial charge in [0.2, 0.25) is 0 Å². The Bertz CT molecular complexity index is 420. The summed E-state index contributed by atoms with van der Waals surface area (Å²) < 4.78 is 13.0. The molecule has 0 spiro atoms. The predicted molar refractivity (Wildman–Crippen MR) is 73.5 cm³/mol. The second kappa shape index (κ2) is 5.27. The van der Waals surface area contributed by atoms with Gasteiger partial charge in [-0.25, -0.2) is 0 Å². The van der Waals surface area contributed by atoms with E-state index in [1.54, 1.807) is 27.5 Å². The first-order chi connectivity index (χ1) is 8.79. The number of ether oxygens (including phenoxy) is 1. The number of nitrogens with zero attached hydrogens (tertiary/aromatic N) is 2. The van der Waals surface area contributed by atoms with Gasteiger partial charge in [0.05, 0.1) is 23.9 Å². The summed E-state index contributed by atoms with van der Waals surface area (Å²) in [4.78, 5) is 0. The van der Waals surface area contributed by atoms with Crippen LogP contribution in [0, 0.1) is 0 Å². The lowest BCUT2D eigenvalue weighted by Gasteiger charge is -2.37. The average Bonchev–Trinajstić information content (AvgIpc) is 2.96. The Hall–Kier alpha value is -0.845. The van der Waals surface area contributed by atoms with Gasteiger partial charge in [-0.1, -0.05) is 0 Å². The van der Waals surface area contributed by atoms with E-state index >= 15 is 0 Å². The zero-order valence-electron chi connectivity index (χ0n) is 12.1. The Morgan fingerprint density at radius 1 is 1.47 bits per heavy atom. The molecule has 1 fully saturated rings. The molecule has 5 nitrogen and oxygen atoms in total. The predicted octanol–water partition coefficient (Wildman–Crippen LogP) is 0.655. The van der Waals surface area contributed by atoms with E-state index in [0.29, 0.717) is 6.04 Å². The van der Waals surface area contributed by atoms with Gasteiger partial charge in [-0.05, 0) is 39.6 Å². The SMILES string of the molecule is CC(C)(O)C(C)(C)O[B]c1cnn([C@@H]2CCOC2)c1. The van der Waals surface area contributed by atoms with Crippen LogP contribution in [0.5, 0.6) is 0 Å². The molecule has 1 radical (unpaired) electrons. The molecule has 1 aromatic heterocycles. The molecule has 1 atom stereocenters. The number of hydrogen-bond donors (Lipinski definition) is 1. The molecule has 0 amide bonds. The highest BCUT2D eigenvalue weighted by molar-refractivity contribution is 6.46. The van der Waals surface area contributed by atoms with Crippen molar-refractivity contribution in [1.82, 2.24) is 9.78 Å². The van der Waals surface area contributed by atoms with Crippen LogP contribution in [-0.2, 0) is 9.39 Å². The molecule has 6 heteroatoms. The van der Waals surface area contributed by atoms with E-state index in [-0.39, 0.29) is 0 Å². The van der Waals surface area contributed by atoms with Crippen LogP contribution in [0.2, 0.25) is 0 Å². The fraction of sp³-hybridized carbons (Fsp3) is 0.769. The molecule has 1 N–H and O–H groups in total. The van der Waals surface area contributed by atoms with Gasteiger partial charge in [-0.3, -0.25) is 4.68 Å². The van der Waals surface area contributed by atoms with E-state index in [4.69, 9.17) is 9.39 Å². The first-order valence-electron chi connectivity index (χ1n) is 6.65. The summed E-state index contributed by atoms with van der Waals surface area (Å²) in [6.07, 6.45) is 4.70. The Morgan fingerprint density at radius 2 is 2.21 bits per heavy atom. The monoisotopic (exact) mass is 265 g/mol. The molecule has 1 aliphatic heterocycles. The summed E-state index contributed by atoms with van der Waals surface area (Å²) in [7, 11) is 1.65. The van der Waals surface area contributed by atoms with Crippen LogP contribution in [0.25, 0.3) is 0 Å². The van der Waals surface area contributed by atoms with Gasteiger partial charge in [0.1, 0.15) is 0 Å². The third-order valence-corrected chi connectivity index (χ3v) is 3.86. The van der Waals surface area contributed by atoms with Crippen LogP contribution in [0.4, 0.5) is 0 Å². The van der Waals surface area contributed by atoms with Crippen molar-refractivity contribution in [3.05, 3.63) is 12.4 Å². The normalized spacial score (nSPS) is 20.8. The number of rotatable bonds is 5. The molecule has 1 aromatic rings. The maximum absolute atomic E-state index is 10.0. The smallest absolute Gasteiger partial charge is 0.334 e. The van der Waals surface area contributed by atoms with Crippen molar-refractivity contribution < 1.29 is 14.5 Å². The van der Waals surface area contributed by atoms with E-state index in [1.165, 1.54) is 0 Å². The molecule has 0 aliphatic carbocycles. The average molecular weight is 265 g/mol. The van der Waals surface area contributed by atoms with Gasteiger partial charge in [0.25, 0.3) is 0 Å². The Balaban J connectivity index is 1.93. The molecular weight excluding hydrogens is 243 g/mol. The molecule has 0 bridgehead atoms. The van der Waals surface area contributed by atoms with Crippen molar-refractivity contribution in [2.24, 2.45) is 0 Å². The second-order valence-corrected chi connectivity index (χ2v) is 6.08. The van der Waals surface area contributed by atoms with Crippen LogP contribution in [0.3, 0.4) is 0 Å². The third-order valence-electron chi connectivity index (χ3n) is 3.86. The number of aromatic nitrogens is 2. The number of hydrogen-bond acceptors (Lipinski definition) is 4. The van der Waals surface area contributed by atoms with Gasteiger partial charge in [0.15, 0.2) is 0 Å². The van der Waals surface area contributed by atoms with Gasteiger partial charge in [-0.2, -0.15) is 5.10 Å². The molecule has 2 heterocycles. The van der Waals surface area contributed by atoms with Crippen molar-refractivity contribution >= 4 is 12.9 Å². The lowest BCUT2D eigenvalue weighted by atomic mass is 9.84. The van der Waals surface area contributed by atoms with E-state index < -0.39 is 11.2 Å². The highest BCUT2D eigenvalue weighted by atomic mass is 16.5. The maximum atomic E-state index is 10.0. The Morgan fingerprint density at radius 3 is 2.79 bits per heavy atom. The van der Waals surface area contributed by atoms with Gasteiger partial charge < -0.3 is 14.5 Å². The summed E-state index contributed by atoms with van der Waals surface area (Å²) in [6.45, 7) is 8.71. The summed E-state index contributed by atoms with van der Waals surface area (Å²) in [6, 6.07) is 0.324. The van der Waals surface area contributed by atoms with Crippen LogP contribution < -0.4 is 5.46 Å². The largest absolute Gasteiger partial charge is 0.427 e. The summed E-state index contributed by atoms with van der Waals surface area (Å²) in [5.41, 5.74) is -0.686. The molecule has 105 valence electrons. The molecule has 19 heavy (non-hydrogen) atoms. The minimum Gasteiger partial charge on any atom is -0.427 e.